The molecule has 1 rings (SSSR count). The molecule has 1 aliphatic rings. The van der Waals surface area contributed by atoms with E-state index in [0.717, 1.165) is 16.7 Å². The Morgan fingerprint density at radius 1 is 0.788 bits per heavy atom. The van der Waals surface area contributed by atoms with Crippen molar-refractivity contribution in [3.63, 3.8) is 0 Å². The van der Waals surface area contributed by atoms with Crippen molar-refractivity contribution in [2.75, 3.05) is 47.5 Å². The highest BCUT2D eigenvalue weighted by molar-refractivity contribution is 8.13. The van der Waals surface area contributed by atoms with Gasteiger partial charge in [0.15, 0.2) is 20.0 Å². The van der Waals surface area contributed by atoms with Crippen LogP contribution in [0.5, 0.6) is 0 Å². The number of likely N-dealkylation sites (tertiary alicyclic amines) is 1. The van der Waals surface area contributed by atoms with Crippen LogP contribution in [-0.2, 0) is 33.3 Å². The molecule has 0 N–H and O–H groups in total. The summed E-state index contributed by atoms with van der Waals surface area (Å²) in [5, 5.41) is 0. The highest BCUT2D eigenvalue weighted by atomic mass is 32.3. The molecule has 0 unspecified atom stereocenters. The van der Waals surface area contributed by atoms with Crippen LogP contribution in [0.25, 0.3) is 4.13 Å². The minimum atomic E-state index is -6.72. The van der Waals surface area contributed by atoms with Crippen LogP contribution >= 0.6 is 0 Å². The van der Waals surface area contributed by atoms with Gasteiger partial charge in [-0.25, -0.2) is 16.8 Å². The summed E-state index contributed by atoms with van der Waals surface area (Å²) in [5.41, 5.74) is -12.4. The SMILES string of the molecule is CCC[N+]1(CC[Si](OC)(OC)OC)CCCCC1.O=S(=O)([N-]S(=O)(=O)C(F)(F)F)C(F)(F)F. The molecule has 0 bridgehead atoms. The molecule has 1 heterocycles. The van der Waals surface area contributed by atoms with Crippen molar-refractivity contribution in [2.45, 2.75) is 49.7 Å². The average molecular weight is 557 g/mol. The fourth-order valence-electron chi connectivity index (χ4n) is 3.36. The summed E-state index contributed by atoms with van der Waals surface area (Å²) >= 11 is 0. The van der Waals surface area contributed by atoms with E-state index in [9.17, 15) is 43.2 Å². The zero-order valence-corrected chi connectivity index (χ0v) is 21.3. The number of quaternary nitrogens is 1. The smallest absolute Gasteiger partial charge is 0.421 e. The summed E-state index contributed by atoms with van der Waals surface area (Å²) in [7, 11) is -10.7. The Kier molecular flexibility index (Phi) is 12.3. The Balaban J connectivity index is 0.000000633. The second-order valence-corrected chi connectivity index (χ2v) is 13.8. The van der Waals surface area contributed by atoms with E-state index in [1.165, 1.54) is 49.8 Å². The summed E-state index contributed by atoms with van der Waals surface area (Å²) in [5.74, 6) is 0. The van der Waals surface area contributed by atoms with E-state index in [2.05, 4.69) is 6.92 Å². The van der Waals surface area contributed by atoms with E-state index >= 15 is 0 Å². The number of sulfonamides is 2. The first-order valence-electron chi connectivity index (χ1n) is 9.74. The lowest BCUT2D eigenvalue weighted by Crippen LogP contribution is -2.56. The Morgan fingerprint density at radius 2 is 1.18 bits per heavy atom. The molecule has 0 aliphatic carbocycles. The predicted molar refractivity (Wildman–Crippen MR) is 109 cm³/mol. The third-order valence-corrected chi connectivity index (χ3v) is 10.5. The molecule has 0 saturated carbocycles. The van der Waals surface area contributed by atoms with Gasteiger partial charge in [0.2, 0.25) is 0 Å². The fraction of sp³-hybridized carbons (Fsp3) is 1.00. The summed E-state index contributed by atoms with van der Waals surface area (Å²) in [6.07, 6.45) is 5.37. The molecule has 1 saturated heterocycles. The van der Waals surface area contributed by atoms with E-state index in [0.29, 0.717) is 0 Å². The summed E-state index contributed by atoms with van der Waals surface area (Å²) in [6, 6.07) is 0.927. The van der Waals surface area contributed by atoms with Crippen molar-refractivity contribution in [1.82, 2.24) is 0 Å². The Bertz CT molecular complexity index is 741. The number of alkyl halides is 6. The first-order chi connectivity index (χ1) is 14.9. The van der Waals surface area contributed by atoms with Gasteiger partial charge in [0, 0.05) is 21.3 Å². The van der Waals surface area contributed by atoms with Crippen LogP contribution in [0.4, 0.5) is 26.3 Å². The summed E-state index contributed by atoms with van der Waals surface area (Å²) in [6.45, 7) is 7.32. The molecule has 18 heteroatoms. The number of hydrogen-bond donors (Lipinski definition) is 0. The molecule has 0 aromatic carbocycles. The van der Waals surface area contributed by atoms with Crippen LogP contribution in [0, 0.1) is 0 Å². The summed E-state index contributed by atoms with van der Waals surface area (Å²) in [4.78, 5) is 0. The zero-order valence-electron chi connectivity index (χ0n) is 18.7. The lowest BCUT2D eigenvalue weighted by atomic mass is 10.1. The van der Waals surface area contributed by atoms with Crippen LogP contribution in [0.1, 0.15) is 32.6 Å². The van der Waals surface area contributed by atoms with Crippen LogP contribution < -0.4 is 0 Å². The Hall–Kier alpha value is -0.503. The van der Waals surface area contributed by atoms with E-state index in [4.69, 9.17) is 13.3 Å². The van der Waals surface area contributed by atoms with Crippen molar-refractivity contribution >= 4 is 28.9 Å². The van der Waals surface area contributed by atoms with Crippen molar-refractivity contribution in [1.29, 1.82) is 0 Å². The normalized spacial score (nSPS) is 17.9. The Labute approximate surface area is 191 Å². The van der Waals surface area contributed by atoms with Crippen molar-refractivity contribution in [3.05, 3.63) is 4.13 Å². The maximum atomic E-state index is 11.4. The first kappa shape index (κ1) is 32.5. The quantitative estimate of drug-likeness (QED) is 0.231. The van der Waals surface area contributed by atoms with Gasteiger partial charge in [0.05, 0.1) is 32.2 Å². The van der Waals surface area contributed by atoms with Crippen LogP contribution in [0.3, 0.4) is 0 Å². The highest BCUT2D eigenvalue weighted by Gasteiger charge is 2.47. The van der Waals surface area contributed by atoms with Gasteiger partial charge in [-0.3, -0.25) is 0 Å². The fourth-order valence-corrected chi connectivity index (χ4v) is 6.93. The van der Waals surface area contributed by atoms with Gasteiger partial charge >= 0.3 is 19.8 Å². The van der Waals surface area contributed by atoms with Gasteiger partial charge in [-0.1, -0.05) is 6.92 Å². The molecule has 200 valence electrons. The minimum Gasteiger partial charge on any atom is -0.421 e. The van der Waals surface area contributed by atoms with Crippen LogP contribution in [-0.4, -0.2) is 88.6 Å². The maximum absolute atomic E-state index is 11.4. The Morgan fingerprint density at radius 3 is 1.48 bits per heavy atom. The third kappa shape index (κ3) is 9.58. The topological polar surface area (TPSA) is 110 Å². The lowest BCUT2D eigenvalue weighted by Gasteiger charge is -2.42. The predicted octanol–water partition coefficient (Wildman–Crippen LogP) is 3.33. The molecule has 9 nitrogen and oxygen atoms in total. The van der Waals surface area contributed by atoms with Crippen molar-refractivity contribution < 1.29 is 60.9 Å². The number of piperidine rings is 1. The number of halogens is 6. The molecule has 0 aromatic heterocycles. The number of nitrogens with zero attached hydrogens (tertiary/aromatic N) is 2. The molecular weight excluding hydrogens is 526 g/mol. The largest absolute Gasteiger partial charge is 0.505 e. The van der Waals surface area contributed by atoms with Crippen molar-refractivity contribution in [2.24, 2.45) is 0 Å². The molecule has 0 aromatic rings. The molecular formula is C15H30F6N2O7S2Si. The number of hydrogen-bond acceptors (Lipinski definition) is 7. The molecule has 33 heavy (non-hydrogen) atoms. The maximum Gasteiger partial charge on any atom is 0.505 e. The van der Waals surface area contributed by atoms with Gasteiger partial charge in [-0.15, -0.1) is 0 Å². The molecule has 0 radical (unpaired) electrons. The summed E-state index contributed by atoms with van der Waals surface area (Å²) < 4.78 is 127. The van der Waals surface area contributed by atoms with E-state index in [-0.39, 0.29) is 0 Å². The van der Waals surface area contributed by atoms with Gasteiger partial charge < -0.3 is 21.9 Å². The van der Waals surface area contributed by atoms with Gasteiger partial charge in [-0.2, -0.15) is 26.3 Å². The molecule has 0 amide bonds. The van der Waals surface area contributed by atoms with E-state index < -0.39 is 39.9 Å². The minimum absolute atomic E-state index is 0.778. The third-order valence-electron chi connectivity index (χ3n) is 5.07. The van der Waals surface area contributed by atoms with Gasteiger partial charge in [-0.05, 0) is 25.7 Å². The highest BCUT2D eigenvalue weighted by Crippen LogP contribution is 2.36. The molecule has 1 aliphatic heterocycles. The monoisotopic (exact) mass is 556 g/mol. The van der Waals surface area contributed by atoms with Gasteiger partial charge in [0.1, 0.15) is 0 Å². The van der Waals surface area contributed by atoms with Crippen LogP contribution in [0.15, 0.2) is 0 Å². The molecule has 1 fully saturated rings. The van der Waals surface area contributed by atoms with Crippen LogP contribution in [0.2, 0.25) is 6.04 Å². The first-order valence-corrected chi connectivity index (χ1v) is 14.5. The molecule has 0 spiro atoms. The van der Waals surface area contributed by atoms with E-state index in [1.807, 2.05) is 0 Å². The number of rotatable bonds is 10. The lowest BCUT2D eigenvalue weighted by molar-refractivity contribution is -0.930. The zero-order chi connectivity index (χ0) is 26.2. The van der Waals surface area contributed by atoms with E-state index in [1.54, 1.807) is 21.3 Å². The second-order valence-electron chi connectivity index (χ2n) is 7.26. The standard InChI is InChI=1S/C13H30NO3Si.C2F6NO4S2/c1-5-9-14(10-7-6-8-11-14)12-13-18(15-2,16-3)17-4;3-1(4,5)14(10,11)9-15(12,13)2(6,7)8/h5-13H2,1-4H3;/q+1;-1. The molecule has 0 atom stereocenters. The van der Waals surface area contributed by atoms with Crippen molar-refractivity contribution in [3.8, 4) is 0 Å². The van der Waals surface area contributed by atoms with Gasteiger partial charge in [0.25, 0.3) is 0 Å². The average Bonchev–Trinajstić information content (AvgIpc) is 2.68. The second kappa shape index (κ2) is 12.5.